The number of carbonyl (C=O) groups is 2. The summed E-state index contributed by atoms with van der Waals surface area (Å²) in [4.78, 5) is 24.7. The van der Waals surface area contributed by atoms with Gasteiger partial charge in [0.1, 0.15) is 0 Å². The summed E-state index contributed by atoms with van der Waals surface area (Å²) in [5, 5.41) is 3.99. The number of benzene rings is 3. The van der Waals surface area contributed by atoms with Crippen molar-refractivity contribution in [2.45, 2.75) is 6.92 Å². The van der Waals surface area contributed by atoms with Crippen LogP contribution in [0.25, 0.3) is 0 Å². The second-order valence-electron chi connectivity index (χ2n) is 6.47. The van der Waals surface area contributed by atoms with Crippen LogP contribution < -0.4 is 14.9 Å². The molecular formula is C23H18Br2N2O4. The number of esters is 1. The molecule has 0 aromatic heterocycles. The molecule has 0 unspecified atom stereocenters. The lowest BCUT2D eigenvalue weighted by atomic mass is 10.1. The van der Waals surface area contributed by atoms with Crippen molar-refractivity contribution in [1.29, 1.82) is 0 Å². The second kappa shape index (κ2) is 10.4. The molecule has 3 rings (SSSR count). The molecule has 1 N–H and O–H groups in total. The number of ether oxygens (including phenoxy) is 2. The van der Waals surface area contributed by atoms with Crippen LogP contribution >= 0.6 is 31.9 Å². The van der Waals surface area contributed by atoms with Crippen molar-refractivity contribution in [2.24, 2.45) is 5.10 Å². The maximum atomic E-state index is 12.5. The van der Waals surface area contributed by atoms with Gasteiger partial charge in [0.2, 0.25) is 0 Å². The summed E-state index contributed by atoms with van der Waals surface area (Å²) in [7, 11) is 1.47. The van der Waals surface area contributed by atoms with Crippen molar-refractivity contribution in [2.75, 3.05) is 7.11 Å². The van der Waals surface area contributed by atoms with Crippen molar-refractivity contribution in [3.63, 3.8) is 0 Å². The minimum absolute atomic E-state index is 0.252. The van der Waals surface area contributed by atoms with Crippen molar-refractivity contribution >= 4 is 50.0 Å². The van der Waals surface area contributed by atoms with E-state index in [1.165, 1.54) is 13.3 Å². The van der Waals surface area contributed by atoms with E-state index in [2.05, 4.69) is 42.4 Å². The van der Waals surface area contributed by atoms with E-state index in [4.69, 9.17) is 9.47 Å². The average molecular weight is 546 g/mol. The molecule has 1 amide bonds. The molecule has 0 bridgehead atoms. The van der Waals surface area contributed by atoms with Gasteiger partial charge in [-0.2, -0.15) is 5.10 Å². The molecule has 8 heteroatoms. The Bertz CT molecular complexity index is 1140. The van der Waals surface area contributed by atoms with Crippen molar-refractivity contribution in [3.05, 3.63) is 91.9 Å². The molecule has 0 fully saturated rings. The van der Waals surface area contributed by atoms with E-state index in [1.807, 2.05) is 25.1 Å². The fraction of sp³-hybridized carbons (Fsp3) is 0.0870. The van der Waals surface area contributed by atoms with Crippen LogP contribution in [0.15, 0.2) is 74.7 Å². The van der Waals surface area contributed by atoms with Crippen molar-refractivity contribution in [1.82, 2.24) is 5.43 Å². The average Bonchev–Trinajstić information content (AvgIpc) is 2.76. The molecule has 0 saturated heterocycles. The van der Waals surface area contributed by atoms with Gasteiger partial charge in [-0.15, -0.1) is 0 Å². The first kappa shape index (κ1) is 22.7. The van der Waals surface area contributed by atoms with Gasteiger partial charge in [-0.1, -0.05) is 29.8 Å². The van der Waals surface area contributed by atoms with Crippen molar-refractivity contribution < 1.29 is 19.1 Å². The molecule has 6 nitrogen and oxygen atoms in total. The third-order valence-electron chi connectivity index (χ3n) is 4.23. The van der Waals surface area contributed by atoms with Crippen LogP contribution in [0.3, 0.4) is 0 Å². The molecule has 0 spiro atoms. The highest BCUT2D eigenvalue weighted by Crippen LogP contribution is 2.36. The van der Waals surface area contributed by atoms with Gasteiger partial charge in [-0.25, -0.2) is 10.2 Å². The highest BCUT2D eigenvalue weighted by Gasteiger charge is 2.17. The normalized spacial score (nSPS) is 10.7. The summed E-state index contributed by atoms with van der Waals surface area (Å²) in [6.07, 6.45) is 1.47. The van der Waals surface area contributed by atoms with Gasteiger partial charge in [0.25, 0.3) is 5.91 Å². The zero-order chi connectivity index (χ0) is 22.4. The maximum Gasteiger partial charge on any atom is 0.343 e. The summed E-state index contributed by atoms with van der Waals surface area (Å²) in [5.41, 5.74) is 5.05. The van der Waals surface area contributed by atoms with E-state index in [-0.39, 0.29) is 11.7 Å². The molecule has 0 radical (unpaired) electrons. The number of rotatable bonds is 6. The van der Waals surface area contributed by atoms with Gasteiger partial charge >= 0.3 is 5.97 Å². The van der Waals surface area contributed by atoms with Crippen LogP contribution in [-0.4, -0.2) is 25.2 Å². The molecule has 3 aromatic rings. The van der Waals surface area contributed by atoms with Crippen LogP contribution in [0.2, 0.25) is 0 Å². The van der Waals surface area contributed by atoms with Crippen LogP contribution in [0.4, 0.5) is 0 Å². The Hall–Kier alpha value is -2.97. The Kier molecular flexibility index (Phi) is 7.59. The lowest BCUT2D eigenvalue weighted by molar-refractivity contribution is 0.0728. The summed E-state index contributed by atoms with van der Waals surface area (Å²) in [5.74, 6) is -0.254. The SMILES string of the molecule is COc1cc(/C=N\NC(=O)c2ccccc2Br)cc(Br)c1OC(=O)c1ccc(C)cc1. The fourth-order valence-electron chi connectivity index (χ4n) is 2.63. The number of aryl methyl sites for hydroxylation is 1. The van der Waals surface area contributed by atoms with E-state index >= 15 is 0 Å². The molecule has 0 saturated carbocycles. The van der Waals surface area contributed by atoms with E-state index < -0.39 is 5.97 Å². The molecular weight excluding hydrogens is 528 g/mol. The number of hydrogen-bond acceptors (Lipinski definition) is 5. The zero-order valence-electron chi connectivity index (χ0n) is 16.7. The molecule has 0 aliphatic rings. The second-order valence-corrected chi connectivity index (χ2v) is 8.18. The third-order valence-corrected chi connectivity index (χ3v) is 5.51. The number of methoxy groups -OCH3 is 1. The topological polar surface area (TPSA) is 77.0 Å². The Balaban J connectivity index is 1.75. The predicted molar refractivity (Wildman–Crippen MR) is 126 cm³/mol. The molecule has 158 valence electrons. The van der Waals surface area contributed by atoms with Crippen LogP contribution in [-0.2, 0) is 0 Å². The quantitative estimate of drug-likeness (QED) is 0.192. The summed E-state index contributed by atoms with van der Waals surface area (Å²) in [6, 6.07) is 17.5. The highest BCUT2D eigenvalue weighted by molar-refractivity contribution is 9.10. The number of carbonyl (C=O) groups excluding carboxylic acids is 2. The number of amides is 1. The zero-order valence-corrected chi connectivity index (χ0v) is 19.9. The van der Waals surface area contributed by atoms with Gasteiger partial charge in [-0.3, -0.25) is 4.79 Å². The Morgan fingerprint density at radius 1 is 1.00 bits per heavy atom. The number of nitrogens with one attached hydrogen (secondary N) is 1. The van der Waals surface area contributed by atoms with Crippen molar-refractivity contribution in [3.8, 4) is 11.5 Å². The van der Waals surface area contributed by atoms with Crippen LogP contribution in [0.5, 0.6) is 11.5 Å². The maximum absolute atomic E-state index is 12.5. The first-order valence-corrected chi connectivity index (χ1v) is 10.7. The monoisotopic (exact) mass is 544 g/mol. The summed E-state index contributed by atoms with van der Waals surface area (Å²) >= 11 is 6.74. The smallest absolute Gasteiger partial charge is 0.343 e. The molecule has 0 aliphatic carbocycles. The molecule has 0 atom stereocenters. The fourth-order valence-corrected chi connectivity index (χ4v) is 3.63. The minimum atomic E-state index is -0.499. The van der Waals surface area contributed by atoms with Gasteiger partial charge in [0.05, 0.1) is 28.9 Å². The Morgan fingerprint density at radius 2 is 1.71 bits per heavy atom. The number of hydrogen-bond donors (Lipinski definition) is 1. The molecule has 31 heavy (non-hydrogen) atoms. The number of nitrogens with zero attached hydrogens (tertiary/aromatic N) is 1. The number of hydrazone groups is 1. The van der Waals surface area contributed by atoms with Gasteiger partial charge in [-0.05, 0) is 80.7 Å². The molecule has 3 aromatic carbocycles. The summed E-state index contributed by atoms with van der Waals surface area (Å²) < 4.78 is 12.1. The highest BCUT2D eigenvalue weighted by atomic mass is 79.9. The van der Waals surface area contributed by atoms with Gasteiger partial charge < -0.3 is 9.47 Å². The standard InChI is InChI=1S/C23H18Br2N2O4/c1-14-7-9-16(10-8-14)23(29)31-21-19(25)11-15(12-20(21)30-2)13-26-27-22(28)17-5-3-4-6-18(17)24/h3-13H,1-2H3,(H,27,28)/b26-13-. The molecule has 0 aliphatic heterocycles. The number of halogens is 2. The third kappa shape index (κ3) is 5.80. The van der Waals surface area contributed by atoms with Gasteiger partial charge in [0, 0.05) is 4.47 Å². The van der Waals surface area contributed by atoms with E-state index in [9.17, 15) is 9.59 Å². The van der Waals surface area contributed by atoms with E-state index in [0.717, 1.165) is 5.56 Å². The predicted octanol–water partition coefficient (Wildman–Crippen LogP) is 5.51. The first-order valence-electron chi connectivity index (χ1n) is 9.13. The van der Waals surface area contributed by atoms with Crippen LogP contribution in [0, 0.1) is 6.92 Å². The van der Waals surface area contributed by atoms with E-state index in [1.54, 1.807) is 42.5 Å². The lowest BCUT2D eigenvalue weighted by Gasteiger charge is -2.12. The lowest BCUT2D eigenvalue weighted by Crippen LogP contribution is -2.18. The Labute approximate surface area is 196 Å². The van der Waals surface area contributed by atoms with E-state index in [0.29, 0.717) is 31.4 Å². The molecule has 0 heterocycles. The largest absolute Gasteiger partial charge is 0.493 e. The minimum Gasteiger partial charge on any atom is -0.493 e. The van der Waals surface area contributed by atoms with Crippen LogP contribution in [0.1, 0.15) is 31.8 Å². The summed E-state index contributed by atoms with van der Waals surface area (Å²) in [6.45, 7) is 1.94. The van der Waals surface area contributed by atoms with Gasteiger partial charge in [0.15, 0.2) is 11.5 Å². The Morgan fingerprint density at radius 3 is 2.39 bits per heavy atom. The first-order chi connectivity index (χ1) is 14.9.